The molecular weight excluding hydrogens is 536 g/mol. The summed E-state index contributed by atoms with van der Waals surface area (Å²) in [7, 11) is -1.50. The number of aryl methyl sites for hydroxylation is 1. The molecule has 0 radical (unpaired) electrons. The summed E-state index contributed by atoms with van der Waals surface area (Å²) in [6.45, 7) is 6.71. The average Bonchev–Trinajstić information content (AvgIpc) is 2.88. The van der Waals surface area contributed by atoms with E-state index in [1.165, 1.54) is 41.6 Å². The largest absolute Gasteiger partial charge is 0.458 e. The lowest BCUT2D eigenvalue weighted by Gasteiger charge is -2.32. The van der Waals surface area contributed by atoms with Gasteiger partial charge in [0.15, 0.2) is 0 Å². The van der Waals surface area contributed by atoms with E-state index in [-0.39, 0.29) is 22.8 Å². The normalized spacial score (nSPS) is 12.2. The fraction of sp³-hybridized carbons (Fsp3) is 0.321. The maximum atomic E-state index is 14.0. The number of nitrogens with zero attached hydrogens (tertiary/aromatic N) is 4. The van der Waals surface area contributed by atoms with Crippen LogP contribution < -0.4 is 4.74 Å². The summed E-state index contributed by atoms with van der Waals surface area (Å²) in [5.74, 6) is -1.72. The van der Waals surface area contributed by atoms with Crippen LogP contribution in [0, 0.1) is 6.92 Å². The minimum atomic E-state index is -4.58. The van der Waals surface area contributed by atoms with Crippen molar-refractivity contribution in [1.29, 1.82) is 0 Å². The zero-order valence-electron chi connectivity index (χ0n) is 23.2. The predicted octanol–water partition coefficient (Wildman–Crippen LogP) is 3.63. The molecule has 1 atom stereocenters. The highest BCUT2D eigenvalue weighted by atomic mass is 32.2. The van der Waals surface area contributed by atoms with Gasteiger partial charge in [-0.1, -0.05) is 29.8 Å². The van der Waals surface area contributed by atoms with Crippen molar-refractivity contribution in [3.63, 3.8) is 0 Å². The Labute approximate surface area is 233 Å². The second kappa shape index (κ2) is 12.2. The third-order valence-corrected chi connectivity index (χ3v) is 7.25. The van der Waals surface area contributed by atoms with E-state index in [1.807, 2.05) is 0 Å². The van der Waals surface area contributed by atoms with Crippen LogP contribution in [-0.4, -0.2) is 71.3 Å². The van der Waals surface area contributed by atoms with Crippen LogP contribution in [0.4, 0.5) is 4.79 Å². The number of carbonyl (C=O) groups is 3. The van der Waals surface area contributed by atoms with Gasteiger partial charge in [0.05, 0.1) is 11.1 Å². The van der Waals surface area contributed by atoms with Gasteiger partial charge in [0.1, 0.15) is 23.1 Å². The topological polar surface area (TPSA) is 136 Å². The number of amides is 2. The SMILES string of the molecule is Cc1ccc(S(=O)(=O)N(C(=O)c2cnccn2)[C@@H](Cc2ccc(OC(=O)N(C)C)cc2)C(=O)OC(C)(C)C)cc1. The molecule has 12 heteroatoms. The minimum absolute atomic E-state index is 0.185. The summed E-state index contributed by atoms with van der Waals surface area (Å²) in [5.41, 5.74) is 0.0489. The molecule has 2 amide bonds. The molecule has 0 N–H and O–H groups in total. The van der Waals surface area contributed by atoms with Crippen LogP contribution >= 0.6 is 0 Å². The number of carbonyl (C=O) groups excluding carboxylic acids is 3. The lowest BCUT2D eigenvalue weighted by atomic mass is 10.0. The van der Waals surface area contributed by atoms with Crippen LogP contribution in [0.1, 0.15) is 42.4 Å². The smallest absolute Gasteiger partial charge is 0.414 e. The fourth-order valence-electron chi connectivity index (χ4n) is 3.51. The Morgan fingerprint density at radius 1 is 0.950 bits per heavy atom. The van der Waals surface area contributed by atoms with Crippen LogP contribution in [0.5, 0.6) is 5.75 Å². The molecule has 1 aromatic heterocycles. The van der Waals surface area contributed by atoms with E-state index in [0.717, 1.165) is 11.8 Å². The van der Waals surface area contributed by atoms with Crippen LogP contribution in [-0.2, 0) is 26.0 Å². The van der Waals surface area contributed by atoms with E-state index >= 15 is 0 Å². The van der Waals surface area contributed by atoms with Crippen molar-refractivity contribution >= 4 is 28.0 Å². The molecule has 0 saturated carbocycles. The molecule has 0 aliphatic heterocycles. The summed E-state index contributed by atoms with van der Waals surface area (Å²) in [6, 6.07) is 10.5. The second-order valence-corrected chi connectivity index (χ2v) is 12.0. The summed E-state index contributed by atoms with van der Waals surface area (Å²) in [6.07, 6.45) is 2.91. The Balaban J connectivity index is 2.12. The van der Waals surface area contributed by atoms with Gasteiger partial charge in [-0.25, -0.2) is 27.3 Å². The monoisotopic (exact) mass is 568 g/mol. The number of rotatable bonds is 8. The fourth-order valence-corrected chi connectivity index (χ4v) is 5.02. The van der Waals surface area contributed by atoms with Crippen molar-refractivity contribution in [2.75, 3.05) is 14.1 Å². The standard InChI is InChI=1S/C28H32N4O7S/c1-19-7-13-22(14-8-19)40(36,37)32(25(33)23-18-29-15-16-30-23)24(26(34)39-28(2,3)4)17-20-9-11-21(12-10-20)38-27(35)31(5)6/h7-16,18,24H,17H2,1-6H3/t24-/m0/s1. The van der Waals surface area contributed by atoms with E-state index in [4.69, 9.17) is 9.47 Å². The molecule has 0 unspecified atom stereocenters. The van der Waals surface area contributed by atoms with Crippen LogP contribution in [0.25, 0.3) is 0 Å². The zero-order valence-corrected chi connectivity index (χ0v) is 24.0. The second-order valence-electron chi connectivity index (χ2n) is 10.2. The number of esters is 1. The molecular formula is C28H32N4O7S. The predicted molar refractivity (Wildman–Crippen MR) is 146 cm³/mol. The van der Waals surface area contributed by atoms with E-state index < -0.39 is 39.6 Å². The first kappa shape index (κ1) is 30.2. The van der Waals surface area contributed by atoms with Crippen molar-refractivity contribution < 1.29 is 32.3 Å². The first-order valence-corrected chi connectivity index (χ1v) is 13.8. The Bertz CT molecular complexity index is 1450. The van der Waals surface area contributed by atoms with Gasteiger partial charge in [-0.3, -0.25) is 9.78 Å². The van der Waals surface area contributed by atoms with E-state index in [0.29, 0.717) is 9.87 Å². The van der Waals surface area contributed by atoms with Gasteiger partial charge in [0.25, 0.3) is 15.9 Å². The van der Waals surface area contributed by atoms with Gasteiger partial charge in [-0.15, -0.1) is 0 Å². The van der Waals surface area contributed by atoms with Gasteiger partial charge < -0.3 is 14.4 Å². The number of ether oxygens (including phenoxy) is 2. The van der Waals surface area contributed by atoms with Crippen LogP contribution in [0.15, 0.2) is 72.0 Å². The molecule has 0 aliphatic carbocycles. The Kier molecular flexibility index (Phi) is 9.25. The Morgan fingerprint density at radius 2 is 1.57 bits per heavy atom. The minimum Gasteiger partial charge on any atom is -0.458 e. The number of aromatic nitrogens is 2. The van der Waals surface area contributed by atoms with E-state index in [1.54, 1.807) is 66.1 Å². The van der Waals surface area contributed by atoms with Crippen molar-refractivity contribution in [3.8, 4) is 5.75 Å². The molecule has 0 spiro atoms. The van der Waals surface area contributed by atoms with Gasteiger partial charge in [0.2, 0.25) is 0 Å². The number of hydrogen-bond acceptors (Lipinski definition) is 9. The maximum absolute atomic E-state index is 14.0. The third kappa shape index (κ3) is 7.63. The van der Waals surface area contributed by atoms with Crippen molar-refractivity contribution in [2.45, 2.75) is 50.7 Å². The van der Waals surface area contributed by atoms with E-state index in [2.05, 4.69) is 9.97 Å². The maximum Gasteiger partial charge on any atom is 0.414 e. The first-order chi connectivity index (χ1) is 18.7. The van der Waals surface area contributed by atoms with Gasteiger partial charge in [-0.2, -0.15) is 0 Å². The molecule has 3 rings (SSSR count). The number of sulfonamides is 1. The summed E-state index contributed by atoms with van der Waals surface area (Å²) < 4.78 is 39.3. The molecule has 2 aromatic carbocycles. The molecule has 212 valence electrons. The zero-order chi connectivity index (χ0) is 29.7. The van der Waals surface area contributed by atoms with Crippen molar-refractivity contribution in [2.24, 2.45) is 0 Å². The summed E-state index contributed by atoms with van der Waals surface area (Å²) >= 11 is 0. The highest BCUT2D eigenvalue weighted by molar-refractivity contribution is 7.89. The molecule has 1 heterocycles. The summed E-state index contributed by atoms with van der Waals surface area (Å²) in [4.78, 5) is 48.1. The molecule has 40 heavy (non-hydrogen) atoms. The molecule has 11 nitrogen and oxygen atoms in total. The quantitative estimate of drug-likeness (QED) is 0.373. The van der Waals surface area contributed by atoms with Crippen LogP contribution in [0.2, 0.25) is 0 Å². The lowest BCUT2D eigenvalue weighted by molar-refractivity contribution is -0.159. The molecule has 0 fully saturated rings. The van der Waals surface area contributed by atoms with Crippen LogP contribution in [0.3, 0.4) is 0 Å². The molecule has 0 aliphatic rings. The number of hydrogen-bond donors (Lipinski definition) is 0. The highest BCUT2D eigenvalue weighted by Crippen LogP contribution is 2.26. The molecule has 0 bridgehead atoms. The lowest BCUT2D eigenvalue weighted by Crippen LogP contribution is -2.51. The van der Waals surface area contributed by atoms with Crippen molar-refractivity contribution in [1.82, 2.24) is 19.2 Å². The molecule has 3 aromatic rings. The molecule has 0 saturated heterocycles. The van der Waals surface area contributed by atoms with E-state index in [9.17, 15) is 22.8 Å². The Hall–Kier alpha value is -4.32. The third-order valence-electron chi connectivity index (χ3n) is 5.44. The highest BCUT2D eigenvalue weighted by Gasteiger charge is 2.42. The summed E-state index contributed by atoms with van der Waals surface area (Å²) in [5, 5.41) is 0. The number of benzene rings is 2. The van der Waals surface area contributed by atoms with Gasteiger partial charge in [0, 0.05) is 32.9 Å². The first-order valence-electron chi connectivity index (χ1n) is 12.3. The van der Waals surface area contributed by atoms with Crippen molar-refractivity contribution in [3.05, 3.63) is 83.9 Å². The Morgan fingerprint density at radius 3 is 2.10 bits per heavy atom. The average molecular weight is 569 g/mol. The van der Waals surface area contributed by atoms with Gasteiger partial charge in [-0.05, 0) is 57.5 Å². The van der Waals surface area contributed by atoms with Gasteiger partial charge >= 0.3 is 12.1 Å².